The number of anilines is 1. The van der Waals surface area contributed by atoms with Crippen LogP contribution in [0.3, 0.4) is 0 Å². The highest BCUT2D eigenvalue weighted by atomic mass is 16.5. The van der Waals surface area contributed by atoms with Gasteiger partial charge in [0.05, 0.1) is 0 Å². The number of nitrogens with one attached hydrogen (secondary N) is 1. The fourth-order valence-electron chi connectivity index (χ4n) is 1.59. The Morgan fingerprint density at radius 3 is 3.16 bits per heavy atom. The maximum absolute atomic E-state index is 11.1. The van der Waals surface area contributed by atoms with Crippen LogP contribution in [0.25, 0.3) is 5.65 Å². The smallest absolute Gasteiger partial charge is 0.326 e. The zero-order valence-electron chi connectivity index (χ0n) is 10.4. The van der Waals surface area contributed by atoms with Crippen molar-refractivity contribution in [3.8, 4) is 0 Å². The van der Waals surface area contributed by atoms with Crippen molar-refractivity contribution in [2.45, 2.75) is 18.9 Å². The van der Waals surface area contributed by atoms with E-state index in [1.54, 1.807) is 19.2 Å². The predicted octanol–water partition coefficient (Wildman–Crippen LogP) is -0.189. The van der Waals surface area contributed by atoms with Gasteiger partial charge in [-0.25, -0.2) is 4.79 Å². The van der Waals surface area contributed by atoms with E-state index in [9.17, 15) is 4.79 Å². The summed E-state index contributed by atoms with van der Waals surface area (Å²) in [6, 6.07) is 2.57. The van der Waals surface area contributed by atoms with Gasteiger partial charge in [-0.1, -0.05) is 0 Å². The van der Waals surface area contributed by atoms with Crippen molar-refractivity contribution in [1.29, 1.82) is 0 Å². The molecule has 0 aromatic carbocycles. The fraction of sp³-hybridized carbons (Fsp3) is 0.500. The normalized spacial score (nSPS) is 12.5. The molecular weight excluding hydrogens is 252 g/mol. The number of tetrazole rings is 1. The third-order valence-corrected chi connectivity index (χ3v) is 2.53. The van der Waals surface area contributed by atoms with E-state index in [-0.39, 0.29) is 0 Å². The van der Waals surface area contributed by atoms with Gasteiger partial charge in [0.25, 0.3) is 0 Å². The molecule has 0 fully saturated rings. The molecule has 0 bridgehead atoms. The third-order valence-electron chi connectivity index (χ3n) is 2.53. The van der Waals surface area contributed by atoms with E-state index in [4.69, 9.17) is 9.84 Å². The molecule has 1 atom stereocenters. The van der Waals surface area contributed by atoms with Crippen LogP contribution in [-0.2, 0) is 9.53 Å². The molecule has 0 spiro atoms. The quantitative estimate of drug-likeness (QED) is 0.663. The molecule has 0 radical (unpaired) electrons. The van der Waals surface area contributed by atoms with Gasteiger partial charge in [0.1, 0.15) is 11.9 Å². The number of ether oxygens (including phenoxy) is 1. The van der Waals surface area contributed by atoms with Crippen molar-refractivity contribution in [2.75, 3.05) is 19.0 Å². The summed E-state index contributed by atoms with van der Waals surface area (Å²) in [4.78, 5) is 11.1. The molecular formula is C10H14N6O3. The minimum Gasteiger partial charge on any atom is -0.480 e. The number of hydrogen-bond acceptors (Lipinski definition) is 7. The number of carboxylic acid groups (broad SMARTS) is 1. The van der Waals surface area contributed by atoms with Crippen LogP contribution in [0.5, 0.6) is 0 Å². The number of aliphatic carboxylic acids is 1. The highest BCUT2D eigenvalue weighted by Gasteiger charge is 2.17. The van der Waals surface area contributed by atoms with Crippen LogP contribution in [0, 0.1) is 0 Å². The monoisotopic (exact) mass is 266 g/mol. The minimum absolute atomic E-state index is 0.407. The maximum Gasteiger partial charge on any atom is 0.326 e. The molecule has 0 aliphatic rings. The lowest BCUT2D eigenvalue weighted by Crippen LogP contribution is -2.30. The van der Waals surface area contributed by atoms with Crippen LogP contribution in [0.2, 0.25) is 0 Å². The zero-order chi connectivity index (χ0) is 13.7. The molecule has 0 saturated carbocycles. The number of methoxy groups -OCH3 is 1. The number of nitrogens with zero attached hydrogens (tertiary/aromatic N) is 5. The van der Waals surface area contributed by atoms with Crippen LogP contribution >= 0.6 is 0 Å². The van der Waals surface area contributed by atoms with Crippen LogP contribution < -0.4 is 5.32 Å². The predicted molar refractivity (Wildman–Crippen MR) is 64.7 cm³/mol. The average Bonchev–Trinajstić information content (AvgIpc) is 2.85. The third kappa shape index (κ3) is 3.35. The molecule has 9 heteroatoms. The molecule has 0 aliphatic heterocycles. The van der Waals surface area contributed by atoms with Gasteiger partial charge < -0.3 is 15.2 Å². The highest BCUT2D eigenvalue weighted by molar-refractivity contribution is 5.76. The summed E-state index contributed by atoms with van der Waals surface area (Å²) < 4.78 is 6.13. The van der Waals surface area contributed by atoms with Gasteiger partial charge in [0.15, 0.2) is 5.65 Å². The lowest BCUT2D eigenvalue weighted by atomic mass is 10.1. The molecule has 9 nitrogen and oxygen atoms in total. The summed E-state index contributed by atoms with van der Waals surface area (Å²) in [5.74, 6) is -0.528. The Kier molecular flexibility index (Phi) is 4.18. The Bertz CT molecular complexity index is 557. The summed E-state index contributed by atoms with van der Waals surface area (Å²) >= 11 is 0. The summed E-state index contributed by atoms with van der Waals surface area (Å²) in [6.45, 7) is 0.519. The minimum atomic E-state index is -0.935. The van der Waals surface area contributed by atoms with Crippen LogP contribution in [-0.4, -0.2) is 56.1 Å². The summed E-state index contributed by atoms with van der Waals surface area (Å²) in [5, 5.41) is 26.8. The van der Waals surface area contributed by atoms with Crippen molar-refractivity contribution >= 4 is 17.4 Å². The first kappa shape index (κ1) is 13.1. The number of fused-ring (bicyclic) bond motifs is 1. The second-order valence-corrected chi connectivity index (χ2v) is 3.92. The van der Waals surface area contributed by atoms with Crippen molar-refractivity contribution in [3.63, 3.8) is 0 Å². The Labute approximate surface area is 108 Å². The first-order chi connectivity index (χ1) is 9.20. The van der Waals surface area contributed by atoms with E-state index >= 15 is 0 Å². The van der Waals surface area contributed by atoms with E-state index in [0.717, 1.165) is 0 Å². The van der Waals surface area contributed by atoms with Crippen LogP contribution in [0.4, 0.5) is 5.82 Å². The van der Waals surface area contributed by atoms with Crippen molar-refractivity contribution in [3.05, 3.63) is 12.1 Å². The molecule has 2 rings (SSSR count). The Hall–Kier alpha value is -2.29. The van der Waals surface area contributed by atoms with E-state index in [1.807, 2.05) is 0 Å². The van der Waals surface area contributed by atoms with Gasteiger partial charge in [-0.2, -0.15) is 0 Å². The number of carboxylic acids is 1. The highest BCUT2D eigenvalue weighted by Crippen LogP contribution is 2.08. The molecule has 0 saturated heterocycles. The van der Waals surface area contributed by atoms with Gasteiger partial charge in [0, 0.05) is 13.7 Å². The summed E-state index contributed by atoms with van der Waals surface area (Å²) in [7, 11) is 1.58. The van der Waals surface area contributed by atoms with Gasteiger partial charge in [-0.15, -0.1) is 14.8 Å². The second-order valence-electron chi connectivity index (χ2n) is 3.92. The van der Waals surface area contributed by atoms with Gasteiger partial charge in [-0.05, 0) is 35.4 Å². The lowest BCUT2D eigenvalue weighted by molar-refractivity contribution is -0.138. The first-order valence-electron chi connectivity index (χ1n) is 5.74. The van der Waals surface area contributed by atoms with E-state index in [2.05, 4.69) is 25.9 Å². The molecule has 2 aromatic heterocycles. The Morgan fingerprint density at radius 2 is 2.42 bits per heavy atom. The van der Waals surface area contributed by atoms with Crippen molar-refractivity contribution in [1.82, 2.24) is 25.3 Å². The van der Waals surface area contributed by atoms with Crippen LogP contribution in [0.15, 0.2) is 12.1 Å². The summed E-state index contributed by atoms with van der Waals surface area (Å²) in [6.07, 6.45) is 1.09. The van der Waals surface area contributed by atoms with E-state index in [1.165, 1.54) is 4.63 Å². The van der Waals surface area contributed by atoms with Crippen molar-refractivity contribution < 1.29 is 14.6 Å². The molecule has 2 aromatic rings. The first-order valence-corrected chi connectivity index (χ1v) is 5.74. The Balaban J connectivity index is 2.04. The molecule has 102 valence electrons. The molecule has 2 N–H and O–H groups in total. The molecule has 2 heterocycles. The number of aromatic nitrogens is 5. The average molecular weight is 266 g/mol. The second kappa shape index (κ2) is 6.05. The SMILES string of the molecule is COCCCC(Nc1ccc2nnnn2n1)C(=O)O. The number of carbonyl (C=O) groups is 1. The van der Waals surface area contributed by atoms with Gasteiger partial charge in [0.2, 0.25) is 0 Å². The molecule has 0 aliphatic carbocycles. The van der Waals surface area contributed by atoms with E-state index in [0.29, 0.717) is 30.9 Å². The lowest BCUT2D eigenvalue weighted by Gasteiger charge is -2.14. The Morgan fingerprint density at radius 1 is 1.58 bits per heavy atom. The molecule has 19 heavy (non-hydrogen) atoms. The van der Waals surface area contributed by atoms with Gasteiger partial charge >= 0.3 is 5.97 Å². The molecule has 0 amide bonds. The van der Waals surface area contributed by atoms with Crippen LogP contribution in [0.1, 0.15) is 12.8 Å². The number of hydrogen-bond donors (Lipinski definition) is 2. The fourth-order valence-corrected chi connectivity index (χ4v) is 1.59. The summed E-state index contributed by atoms with van der Waals surface area (Å²) in [5.41, 5.74) is 0.497. The number of rotatable bonds is 7. The largest absolute Gasteiger partial charge is 0.480 e. The van der Waals surface area contributed by atoms with E-state index < -0.39 is 12.0 Å². The standard InChI is InChI=1S/C10H14N6O3/c1-19-6-2-3-7(10(17)18)11-8-4-5-9-12-14-15-16(9)13-8/h4-5,7H,2-3,6H2,1H3,(H,11,13)(H,17,18). The van der Waals surface area contributed by atoms with Crippen molar-refractivity contribution in [2.24, 2.45) is 0 Å². The topological polar surface area (TPSA) is 115 Å². The molecule has 1 unspecified atom stereocenters. The zero-order valence-corrected chi connectivity index (χ0v) is 10.4. The maximum atomic E-state index is 11.1. The van der Waals surface area contributed by atoms with Gasteiger partial charge in [-0.3, -0.25) is 0 Å².